The summed E-state index contributed by atoms with van der Waals surface area (Å²) in [6.07, 6.45) is 3.47. The van der Waals surface area contributed by atoms with Gasteiger partial charge in [0.2, 0.25) is 10.0 Å². The third-order valence-electron chi connectivity index (χ3n) is 6.82. The quantitative estimate of drug-likeness (QED) is 0.224. The normalized spacial score (nSPS) is 11.7. The number of aliphatic hydroxyl groups is 1. The lowest BCUT2D eigenvalue weighted by Gasteiger charge is -2.25. The fourth-order valence-electron chi connectivity index (χ4n) is 4.68. The Bertz CT molecular complexity index is 1750. The molecule has 42 heavy (non-hydrogen) atoms. The van der Waals surface area contributed by atoms with Crippen LogP contribution >= 0.6 is 11.6 Å². The molecule has 0 aliphatic carbocycles. The van der Waals surface area contributed by atoms with Gasteiger partial charge < -0.3 is 10.4 Å². The van der Waals surface area contributed by atoms with E-state index < -0.39 is 28.4 Å². The van der Waals surface area contributed by atoms with E-state index in [4.69, 9.17) is 11.6 Å². The number of benzene rings is 2. The Morgan fingerprint density at radius 1 is 1.12 bits per heavy atom. The van der Waals surface area contributed by atoms with Crippen molar-refractivity contribution in [3.05, 3.63) is 76.7 Å². The molecule has 1 amide bonds. The number of carbonyl (C=O) groups excluding carboxylic acids is 2. The number of fused-ring (bicyclic) bond motifs is 1. The minimum absolute atomic E-state index is 0.0893. The number of nitrogens with zero attached hydrogens (tertiary/aromatic N) is 3. The van der Waals surface area contributed by atoms with Crippen molar-refractivity contribution in [1.29, 1.82) is 0 Å². The molecule has 0 radical (unpaired) electrons. The van der Waals surface area contributed by atoms with Gasteiger partial charge in [0.05, 0.1) is 42.4 Å². The highest BCUT2D eigenvalue weighted by Crippen LogP contribution is 2.40. The van der Waals surface area contributed by atoms with Crippen LogP contribution in [0.2, 0.25) is 5.02 Å². The van der Waals surface area contributed by atoms with Crippen LogP contribution in [0.15, 0.2) is 54.7 Å². The van der Waals surface area contributed by atoms with Crippen molar-refractivity contribution in [1.82, 2.24) is 14.9 Å². The van der Waals surface area contributed by atoms with Crippen molar-refractivity contribution in [2.45, 2.75) is 26.7 Å². The molecule has 12 heteroatoms. The van der Waals surface area contributed by atoms with E-state index in [0.29, 0.717) is 46.5 Å². The minimum atomic E-state index is -3.92. The summed E-state index contributed by atoms with van der Waals surface area (Å²) in [4.78, 5) is 26.2. The van der Waals surface area contributed by atoms with Gasteiger partial charge in [-0.3, -0.25) is 13.9 Å². The van der Waals surface area contributed by atoms with Gasteiger partial charge in [0.15, 0.2) is 5.78 Å². The lowest BCUT2D eigenvalue weighted by Crippen LogP contribution is -2.33. The molecule has 2 N–H and O–H groups in total. The molecular formula is C30H32ClFN4O5S. The number of hydrogen-bond acceptors (Lipinski definition) is 6. The van der Waals surface area contributed by atoms with Gasteiger partial charge in [0.1, 0.15) is 11.5 Å². The van der Waals surface area contributed by atoms with Gasteiger partial charge in [0, 0.05) is 40.7 Å². The Kier molecular flexibility index (Phi) is 9.34. The topological polar surface area (TPSA) is 121 Å². The molecule has 0 saturated carbocycles. The van der Waals surface area contributed by atoms with Gasteiger partial charge in [-0.05, 0) is 60.9 Å². The van der Waals surface area contributed by atoms with Gasteiger partial charge in [-0.1, -0.05) is 25.4 Å². The Morgan fingerprint density at radius 3 is 2.40 bits per heavy atom. The van der Waals surface area contributed by atoms with Gasteiger partial charge in [0.25, 0.3) is 5.91 Å². The van der Waals surface area contributed by atoms with E-state index in [9.17, 15) is 27.5 Å². The number of halogens is 2. The van der Waals surface area contributed by atoms with Crippen molar-refractivity contribution >= 4 is 44.5 Å². The van der Waals surface area contributed by atoms with Crippen molar-refractivity contribution in [3.63, 3.8) is 0 Å². The molecule has 0 bridgehead atoms. The van der Waals surface area contributed by atoms with E-state index in [-0.39, 0.29) is 34.3 Å². The Hall–Kier alpha value is -3.80. The second-order valence-electron chi connectivity index (χ2n) is 10.3. The van der Waals surface area contributed by atoms with Crippen LogP contribution in [0.25, 0.3) is 27.9 Å². The molecule has 0 spiro atoms. The molecule has 4 aromatic rings. The summed E-state index contributed by atoms with van der Waals surface area (Å²) < 4.78 is 41.9. The fourth-order valence-corrected chi connectivity index (χ4v) is 5.81. The fraction of sp³-hybridized carbons (Fsp3) is 0.300. The largest absolute Gasteiger partial charge is 0.394 e. The van der Waals surface area contributed by atoms with Crippen LogP contribution in [0.4, 0.5) is 10.1 Å². The number of rotatable bonds is 11. The molecule has 2 heterocycles. The first-order chi connectivity index (χ1) is 19.8. The second-order valence-corrected chi connectivity index (χ2v) is 12.6. The SMILES string of the molecule is CNC(=O)c1c(-c2ccc(F)cc2)nn2cc(N(CCO)S(C)(=O)=O)c(-c3cc(C(=O)CCC(C)C)ccc3Cl)cc12. The summed E-state index contributed by atoms with van der Waals surface area (Å²) in [6.45, 7) is 3.31. The Morgan fingerprint density at radius 2 is 1.81 bits per heavy atom. The van der Waals surface area contributed by atoms with Crippen molar-refractivity contribution < 1.29 is 27.5 Å². The lowest BCUT2D eigenvalue weighted by molar-refractivity contribution is 0.0961. The average Bonchev–Trinajstić information content (AvgIpc) is 3.32. The maximum Gasteiger partial charge on any atom is 0.255 e. The number of aliphatic hydroxyl groups excluding tert-OH is 1. The average molecular weight is 615 g/mol. The number of amides is 1. The van der Waals surface area contributed by atoms with Crippen LogP contribution in [0.1, 0.15) is 47.4 Å². The summed E-state index contributed by atoms with van der Waals surface area (Å²) in [5, 5.41) is 17.2. The predicted octanol–water partition coefficient (Wildman–Crippen LogP) is 5.20. The summed E-state index contributed by atoms with van der Waals surface area (Å²) in [6, 6.07) is 11.9. The van der Waals surface area contributed by atoms with Crippen LogP contribution in [0.5, 0.6) is 0 Å². The highest BCUT2D eigenvalue weighted by molar-refractivity contribution is 7.92. The molecule has 2 aromatic carbocycles. The number of hydrogen-bond donors (Lipinski definition) is 2. The van der Waals surface area contributed by atoms with Gasteiger partial charge in [-0.15, -0.1) is 0 Å². The lowest BCUT2D eigenvalue weighted by atomic mass is 9.96. The molecule has 0 aliphatic rings. The molecule has 0 unspecified atom stereocenters. The third-order valence-corrected chi connectivity index (χ3v) is 8.33. The van der Waals surface area contributed by atoms with Crippen molar-refractivity contribution in [2.75, 3.05) is 30.8 Å². The number of nitrogens with one attached hydrogen (secondary N) is 1. The van der Waals surface area contributed by atoms with Crippen LogP contribution in [0, 0.1) is 11.7 Å². The standard InChI is InChI=1S/C30H32ClFN4O5S/c1-18(2)5-12-27(38)20-8-11-24(31)22(15-20)23-16-25-28(30(39)33-3)29(19-6-9-21(32)10-7-19)34-35(25)17-26(23)36(13-14-37)42(4,40)41/h6-11,15-18,37H,5,12-14H2,1-4H3,(H,33,39). The summed E-state index contributed by atoms with van der Waals surface area (Å²) in [5.74, 6) is -0.689. The second kappa shape index (κ2) is 12.6. The van der Waals surface area contributed by atoms with Crippen LogP contribution < -0.4 is 9.62 Å². The van der Waals surface area contributed by atoms with Crippen molar-refractivity contribution in [3.8, 4) is 22.4 Å². The number of sulfonamides is 1. The highest BCUT2D eigenvalue weighted by Gasteiger charge is 2.27. The molecule has 4 rings (SSSR count). The van der Waals surface area contributed by atoms with Crippen LogP contribution in [-0.2, 0) is 10.0 Å². The van der Waals surface area contributed by atoms with E-state index in [1.54, 1.807) is 24.3 Å². The maximum atomic E-state index is 13.7. The van der Waals surface area contributed by atoms with E-state index in [1.807, 2.05) is 13.8 Å². The monoisotopic (exact) mass is 614 g/mol. The number of pyridine rings is 1. The number of ketones is 1. The zero-order valence-electron chi connectivity index (χ0n) is 23.7. The van der Waals surface area contributed by atoms with Gasteiger partial charge >= 0.3 is 0 Å². The van der Waals surface area contributed by atoms with Crippen molar-refractivity contribution in [2.24, 2.45) is 5.92 Å². The first kappa shape index (κ1) is 31.1. The molecule has 0 fully saturated rings. The maximum absolute atomic E-state index is 13.7. The Balaban J connectivity index is 2.06. The van der Waals surface area contributed by atoms with E-state index in [2.05, 4.69) is 10.4 Å². The van der Waals surface area contributed by atoms with E-state index in [0.717, 1.165) is 10.6 Å². The molecule has 0 atom stereocenters. The predicted molar refractivity (Wildman–Crippen MR) is 162 cm³/mol. The first-order valence-electron chi connectivity index (χ1n) is 13.3. The van der Waals surface area contributed by atoms with Crippen LogP contribution in [0.3, 0.4) is 0 Å². The number of Topliss-reactive ketones (excluding diaryl/α,β-unsaturated/α-hetero) is 1. The summed E-state index contributed by atoms with van der Waals surface area (Å²) in [5.41, 5.74) is 2.40. The van der Waals surface area contributed by atoms with Gasteiger partial charge in [-0.2, -0.15) is 5.10 Å². The number of carbonyl (C=O) groups is 2. The number of anilines is 1. The smallest absolute Gasteiger partial charge is 0.255 e. The molecule has 0 aliphatic heterocycles. The molecular weight excluding hydrogens is 583 g/mol. The first-order valence-corrected chi connectivity index (χ1v) is 15.5. The zero-order chi connectivity index (χ0) is 30.8. The van der Waals surface area contributed by atoms with Gasteiger partial charge in [-0.25, -0.2) is 17.3 Å². The summed E-state index contributed by atoms with van der Waals surface area (Å²) in [7, 11) is -2.45. The summed E-state index contributed by atoms with van der Waals surface area (Å²) >= 11 is 6.66. The molecule has 222 valence electrons. The molecule has 2 aromatic heterocycles. The van der Waals surface area contributed by atoms with E-state index >= 15 is 0 Å². The molecule has 0 saturated heterocycles. The number of aromatic nitrogens is 2. The highest BCUT2D eigenvalue weighted by atomic mass is 35.5. The zero-order valence-corrected chi connectivity index (χ0v) is 25.3. The minimum Gasteiger partial charge on any atom is -0.394 e. The third kappa shape index (κ3) is 6.48. The molecule has 9 nitrogen and oxygen atoms in total. The Labute approximate surface area is 249 Å². The van der Waals surface area contributed by atoms with E-state index in [1.165, 1.54) is 42.0 Å². The van der Waals surface area contributed by atoms with Crippen LogP contribution in [-0.4, -0.2) is 61.3 Å².